The molecule has 0 aromatic heterocycles. The summed E-state index contributed by atoms with van der Waals surface area (Å²) in [5.74, 6) is 0. The van der Waals surface area contributed by atoms with Gasteiger partial charge in [-0.15, -0.1) is 0 Å². The van der Waals surface area contributed by atoms with Gasteiger partial charge in [0.15, 0.2) is 0 Å². The van der Waals surface area contributed by atoms with Crippen LogP contribution in [0.4, 0.5) is 11.4 Å². The highest BCUT2D eigenvalue weighted by Crippen LogP contribution is 2.33. The summed E-state index contributed by atoms with van der Waals surface area (Å²) in [6.45, 7) is 5.36. The van der Waals surface area contributed by atoms with Crippen molar-refractivity contribution >= 4 is 23.0 Å². The summed E-state index contributed by atoms with van der Waals surface area (Å²) in [6.07, 6.45) is 3.14. The number of benzene rings is 1. The van der Waals surface area contributed by atoms with Crippen LogP contribution in [0, 0.1) is 10.1 Å². The van der Waals surface area contributed by atoms with Crippen LogP contribution in [0.2, 0.25) is 5.02 Å². The molecule has 0 saturated carbocycles. The van der Waals surface area contributed by atoms with E-state index in [0.717, 1.165) is 38.9 Å². The Labute approximate surface area is 124 Å². The summed E-state index contributed by atoms with van der Waals surface area (Å²) in [6, 6.07) is 5.03. The topological polar surface area (TPSA) is 58.4 Å². The van der Waals surface area contributed by atoms with E-state index in [9.17, 15) is 10.1 Å². The van der Waals surface area contributed by atoms with Gasteiger partial charge < -0.3 is 10.2 Å². The molecule has 1 saturated heterocycles. The van der Waals surface area contributed by atoms with Crippen molar-refractivity contribution in [1.29, 1.82) is 0 Å². The van der Waals surface area contributed by atoms with Gasteiger partial charge in [0.1, 0.15) is 5.69 Å². The molecule has 1 aliphatic heterocycles. The van der Waals surface area contributed by atoms with Gasteiger partial charge in [0.05, 0.1) is 9.95 Å². The number of nitro benzene ring substituents is 1. The molecular weight excluding hydrogens is 278 g/mol. The van der Waals surface area contributed by atoms with Gasteiger partial charge in [-0.2, -0.15) is 0 Å². The number of anilines is 1. The highest BCUT2D eigenvalue weighted by Gasteiger charge is 2.23. The van der Waals surface area contributed by atoms with E-state index in [1.54, 1.807) is 12.1 Å². The van der Waals surface area contributed by atoms with Crippen LogP contribution in [0.15, 0.2) is 18.2 Å². The Hall–Kier alpha value is -1.33. The summed E-state index contributed by atoms with van der Waals surface area (Å²) in [5, 5.41) is 14.7. The van der Waals surface area contributed by atoms with Gasteiger partial charge in [-0.25, -0.2) is 0 Å². The molecule has 0 bridgehead atoms. The van der Waals surface area contributed by atoms with Crippen molar-refractivity contribution in [2.24, 2.45) is 0 Å². The molecule has 0 atom stereocenters. The summed E-state index contributed by atoms with van der Waals surface area (Å²) in [5.41, 5.74) is 0.501. The quantitative estimate of drug-likeness (QED) is 0.667. The lowest BCUT2D eigenvalue weighted by atomic mass is 10.0. The minimum Gasteiger partial charge on any atom is -0.375 e. The molecule has 1 fully saturated rings. The van der Waals surface area contributed by atoms with Gasteiger partial charge in [-0.1, -0.05) is 24.6 Å². The molecule has 2 rings (SSSR count). The highest BCUT2D eigenvalue weighted by molar-refractivity contribution is 6.33. The average molecular weight is 298 g/mol. The van der Waals surface area contributed by atoms with Crippen LogP contribution in [0.25, 0.3) is 0 Å². The van der Waals surface area contributed by atoms with Crippen molar-refractivity contribution in [2.45, 2.75) is 32.2 Å². The Balaban J connectivity index is 2.03. The van der Waals surface area contributed by atoms with Crippen LogP contribution in [-0.4, -0.2) is 35.5 Å². The van der Waals surface area contributed by atoms with E-state index in [2.05, 4.69) is 17.1 Å². The van der Waals surface area contributed by atoms with Crippen molar-refractivity contribution in [3.8, 4) is 0 Å². The molecule has 0 radical (unpaired) electrons. The fourth-order valence-corrected chi connectivity index (χ4v) is 2.85. The molecule has 0 spiro atoms. The van der Waals surface area contributed by atoms with E-state index >= 15 is 0 Å². The van der Waals surface area contributed by atoms with Crippen LogP contribution in [0.1, 0.15) is 26.2 Å². The van der Waals surface area contributed by atoms with Gasteiger partial charge in [0.25, 0.3) is 5.69 Å². The van der Waals surface area contributed by atoms with Gasteiger partial charge in [0, 0.05) is 25.2 Å². The Bertz CT molecular complexity index is 473. The first-order chi connectivity index (χ1) is 9.61. The molecule has 1 aliphatic rings. The normalized spacial score (nSPS) is 17.1. The lowest BCUT2D eigenvalue weighted by molar-refractivity contribution is -0.384. The van der Waals surface area contributed by atoms with Crippen molar-refractivity contribution in [2.75, 3.05) is 25.0 Å². The van der Waals surface area contributed by atoms with Gasteiger partial charge in [-0.05, 0) is 31.9 Å². The number of para-hydroxylation sites is 1. The minimum absolute atomic E-state index is 0.0495. The first kappa shape index (κ1) is 15.1. The fourth-order valence-electron chi connectivity index (χ4n) is 2.63. The van der Waals surface area contributed by atoms with E-state index in [4.69, 9.17) is 11.6 Å². The second kappa shape index (κ2) is 6.90. The maximum Gasteiger partial charge on any atom is 0.293 e. The van der Waals surface area contributed by atoms with Crippen LogP contribution in [0.5, 0.6) is 0 Å². The molecule has 5 nitrogen and oxygen atoms in total. The minimum atomic E-state index is -0.388. The molecule has 0 amide bonds. The Morgan fingerprint density at radius 1 is 1.45 bits per heavy atom. The van der Waals surface area contributed by atoms with E-state index in [1.165, 1.54) is 6.07 Å². The predicted octanol–water partition coefficient (Wildman–Crippen LogP) is 3.53. The molecule has 0 unspecified atom stereocenters. The highest BCUT2D eigenvalue weighted by atomic mass is 35.5. The van der Waals surface area contributed by atoms with Gasteiger partial charge in [-0.3, -0.25) is 10.1 Å². The van der Waals surface area contributed by atoms with E-state index in [1.807, 2.05) is 0 Å². The number of nitrogens with zero attached hydrogens (tertiary/aromatic N) is 2. The zero-order valence-corrected chi connectivity index (χ0v) is 12.4. The van der Waals surface area contributed by atoms with Crippen molar-refractivity contribution in [3.63, 3.8) is 0 Å². The number of piperidine rings is 1. The van der Waals surface area contributed by atoms with E-state index in [0.29, 0.717) is 10.7 Å². The summed E-state index contributed by atoms with van der Waals surface area (Å²) < 4.78 is 0. The second-order valence-corrected chi connectivity index (χ2v) is 5.56. The van der Waals surface area contributed by atoms with E-state index in [-0.39, 0.29) is 16.7 Å². The van der Waals surface area contributed by atoms with Crippen LogP contribution < -0.4 is 5.32 Å². The zero-order valence-electron chi connectivity index (χ0n) is 11.6. The van der Waals surface area contributed by atoms with Crippen molar-refractivity contribution in [1.82, 2.24) is 4.90 Å². The van der Waals surface area contributed by atoms with Gasteiger partial charge >= 0.3 is 0 Å². The third kappa shape index (κ3) is 3.61. The molecule has 0 aliphatic carbocycles. The van der Waals surface area contributed by atoms with Crippen LogP contribution in [-0.2, 0) is 0 Å². The van der Waals surface area contributed by atoms with E-state index < -0.39 is 0 Å². The summed E-state index contributed by atoms with van der Waals surface area (Å²) in [7, 11) is 0. The fraction of sp³-hybridized carbons (Fsp3) is 0.571. The molecule has 1 aromatic rings. The first-order valence-corrected chi connectivity index (χ1v) is 7.41. The van der Waals surface area contributed by atoms with Crippen molar-refractivity contribution < 1.29 is 4.92 Å². The number of halogens is 1. The largest absolute Gasteiger partial charge is 0.375 e. The Morgan fingerprint density at radius 3 is 2.75 bits per heavy atom. The molecule has 6 heteroatoms. The first-order valence-electron chi connectivity index (χ1n) is 7.03. The lowest BCUT2D eigenvalue weighted by Gasteiger charge is -2.32. The Kier molecular flexibility index (Phi) is 5.20. The zero-order chi connectivity index (χ0) is 14.5. The summed E-state index contributed by atoms with van der Waals surface area (Å²) in [4.78, 5) is 13.1. The number of nitrogens with one attached hydrogen (secondary N) is 1. The maximum absolute atomic E-state index is 11.1. The third-order valence-corrected chi connectivity index (χ3v) is 3.98. The molecule has 1 N–H and O–H groups in total. The predicted molar refractivity (Wildman–Crippen MR) is 81.5 cm³/mol. The van der Waals surface area contributed by atoms with Crippen LogP contribution >= 0.6 is 11.6 Å². The smallest absolute Gasteiger partial charge is 0.293 e. The van der Waals surface area contributed by atoms with Crippen LogP contribution in [0.3, 0.4) is 0 Å². The number of likely N-dealkylation sites (tertiary alicyclic amines) is 1. The molecule has 1 aromatic carbocycles. The van der Waals surface area contributed by atoms with Crippen molar-refractivity contribution in [3.05, 3.63) is 33.3 Å². The average Bonchev–Trinajstić information content (AvgIpc) is 2.43. The number of hydrogen-bond acceptors (Lipinski definition) is 4. The molecular formula is C14H20ClN3O2. The SMILES string of the molecule is CCCN1CCC(Nc2c(Cl)cccc2[N+](=O)[O-])CC1. The van der Waals surface area contributed by atoms with Gasteiger partial charge in [0.2, 0.25) is 0 Å². The summed E-state index contributed by atoms with van der Waals surface area (Å²) >= 11 is 6.09. The lowest BCUT2D eigenvalue weighted by Crippen LogP contribution is -2.39. The molecule has 1 heterocycles. The maximum atomic E-state index is 11.1. The number of hydrogen-bond donors (Lipinski definition) is 1. The second-order valence-electron chi connectivity index (χ2n) is 5.15. The number of rotatable bonds is 5. The molecule has 110 valence electrons. The molecule has 20 heavy (non-hydrogen) atoms. The monoisotopic (exact) mass is 297 g/mol. The standard InChI is InChI=1S/C14H20ClN3O2/c1-2-8-17-9-6-11(7-10-17)16-14-12(15)4-3-5-13(14)18(19)20/h3-5,11,16H,2,6-10H2,1H3. The third-order valence-electron chi connectivity index (χ3n) is 3.66. The Morgan fingerprint density at radius 2 is 2.15 bits per heavy atom. The number of nitro groups is 1.